The molecule has 0 saturated heterocycles. The molecular weight excluding hydrogens is 424 g/mol. The van der Waals surface area contributed by atoms with Crippen molar-refractivity contribution in [3.63, 3.8) is 0 Å². The maximum absolute atomic E-state index is 12.6. The molecule has 0 saturated carbocycles. The van der Waals surface area contributed by atoms with Crippen LogP contribution in [-0.2, 0) is 26.2 Å². The van der Waals surface area contributed by atoms with Gasteiger partial charge in [0.2, 0.25) is 5.91 Å². The van der Waals surface area contributed by atoms with Gasteiger partial charge in [-0.1, -0.05) is 30.3 Å². The highest BCUT2D eigenvalue weighted by molar-refractivity contribution is 7.90. The van der Waals surface area contributed by atoms with E-state index >= 15 is 0 Å². The maximum Gasteiger partial charge on any atom is 0.312 e. The summed E-state index contributed by atoms with van der Waals surface area (Å²) in [6, 6.07) is 12.5. The Balaban J connectivity index is 1.75. The van der Waals surface area contributed by atoms with Crippen LogP contribution < -0.4 is 26.5 Å². The molecule has 0 fully saturated rings. The van der Waals surface area contributed by atoms with Gasteiger partial charge in [-0.25, -0.2) is 17.9 Å². The van der Waals surface area contributed by atoms with E-state index in [0.29, 0.717) is 11.3 Å². The minimum absolute atomic E-state index is 0.128. The average Bonchev–Trinajstić information content (AvgIpc) is 3.19. The Bertz CT molecular complexity index is 1130. The van der Waals surface area contributed by atoms with E-state index in [2.05, 4.69) is 10.4 Å². The highest BCUT2D eigenvalue weighted by atomic mass is 32.2. The molecule has 1 aliphatic heterocycles. The fourth-order valence-corrected chi connectivity index (χ4v) is 3.88. The number of nitrogens with zero attached hydrogens (tertiary/aromatic N) is 2. The molecule has 4 amide bonds. The Labute approximate surface area is 178 Å². The molecule has 2 aromatic carbocycles. The van der Waals surface area contributed by atoms with Crippen LogP contribution in [0.5, 0.6) is 0 Å². The summed E-state index contributed by atoms with van der Waals surface area (Å²) < 4.78 is 27.1. The van der Waals surface area contributed by atoms with Crippen LogP contribution >= 0.6 is 0 Å². The zero-order valence-electron chi connectivity index (χ0n) is 16.2. The number of hydrazone groups is 1. The Kier molecular flexibility index (Phi) is 6.20. The molecule has 0 radical (unpaired) electrons. The standard InChI is InChI=1S/C19H20N6O5S/c20-17(26)16-10-15(23-25(16)13-4-2-1-3-5-13)18(27)24-31(29,30)14-8-6-12(7-9-14)11-22-19(21)28/h1-9,16H,10-11H2,(H2,20,26)(H,24,27)(H3,21,22,28). The molecule has 0 aliphatic carbocycles. The number of carbonyl (C=O) groups excluding carboxylic acids is 3. The second-order valence-corrected chi connectivity index (χ2v) is 8.33. The van der Waals surface area contributed by atoms with Gasteiger partial charge < -0.3 is 16.8 Å². The van der Waals surface area contributed by atoms with Gasteiger partial charge in [0.15, 0.2) is 0 Å². The largest absolute Gasteiger partial charge is 0.368 e. The van der Waals surface area contributed by atoms with Crippen LogP contribution in [0.1, 0.15) is 12.0 Å². The smallest absolute Gasteiger partial charge is 0.312 e. The Hall–Kier alpha value is -3.93. The van der Waals surface area contributed by atoms with Crippen molar-refractivity contribution in [3.05, 3.63) is 60.2 Å². The number of primary amides is 2. The van der Waals surface area contributed by atoms with Crippen molar-refractivity contribution in [2.75, 3.05) is 5.01 Å². The quantitative estimate of drug-likeness (QED) is 0.459. The van der Waals surface area contributed by atoms with Crippen molar-refractivity contribution in [2.24, 2.45) is 16.6 Å². The van der Waals surface area contributed by atoms with Gasteiger partial charge in [-0.3, -0.25) is 14.6 Å². The number of anilines is 1. The Morgan fingerprint density at radius 2 is 1.68 bits per heavy atom. The van der Waals surface area contributed by atoms with Crippen LogP contribution in [0, 0.1) is 0 Å². The summed E-state index contributed by atoms with van der Waals surface area (Å²) in [4.78, 5) is 35.0. The molecule has 1 heterocycles. The summed E-state index contributed by atoms with van der Waals surface area (Å²) in [7, 11) is -4.19. The molecule has 11 nitrogen and oxygen atoms in total. The SMILES string of the molecule is NC(=O)NCc1ccc(S(=O)(=O)NC(=O)C2=NN(c3ccccc3)C(C(N)=O)C2)cc1. The Morgan fingerprint density at radius 3 is 2.26 bits per heavy atom. The molecule has 31 heavy (non-hydrogen) atoms. The summed E-state index contributed by atoms with van der Waals surface area (Å²) in [5, 5.41) is 7.79. The molecule has 162 valence electrons. The Morgan fingerprint density at radius 1 is 1.03 bits per heavy atom. The third-order valence-corrected chi connectivity index (χ3v) is 5.80. The highest BCUT2D eigenvalue weighted by Crippen LogP contribution is 2.24. The lowest BCUT2D eigenvalue weighted by atomic mass is 10.1. The van der Waals surface area contributed by atoms with E-state index < -0.39 is 33.9 Å². The number of amides is 4. The zero-order valence-corrected chi connectivity index (χ0v) is 17.0. The summed E-state index contributed by atoms with van der Waals surface area (Å²) in [6.45, 7) is 0.128. The predicted molar refractivity (Wildman–Crippen MR) is 112 cm³/mol. The van der Waals surface area contributed by atoms with Crippen molar-refractivity contribution in [1.29, 1.82) is 0 Å². The highest BCUT2D eigenvalue weighted by Gasteiger charge is 2.36. The molecule has 1 aliphatic rings. The van der Waals surface area contributed by atoms with Gasteiger partial charge in [0.25, 0.3) is 15.9 Å². The molecule has 0 spiro atoms. The van der Waals surface area contributed by atoms with Gasteiger partial charge in [-0.2, -0.15) is 5.10 Å². The summed E-state index contributed by atoms with van der Waals surface area (Å²) >= 11 is 0. The lowest BCUT2D eigenvalue weighted by molar-refractivity contribution is -0.119. The van der Waals surface area contributed by atoms with Crippen LogP contribution in [0.4, 0.5) is 10.5 Å². The van der Waals surface area contributed by atoms with Crippen LogP contribution in [-0.4, -0.2) is 38.0 Å². The van der Waals surface area contributed by atoms with E-state index in [0.717, 1.165) is 0 Å². The fraction of sp³-hybridized carbons (Fsp3) is 0.158. The number of hydrogen-bond acceptors (Lipinski definition) is 7. The van der Waals surface area contributed by atoms with E-state index in [4.69, 9.17) is 11.5 Å². The topological polar surface area (TPSA) is 177 Å². The molecule has 12 heteroatoms. The van der Waals surface area contributed by atoms with Crippen molar-refractivity contribution in [1.82, 2.24) is 10.0 Å². The number of rotatable bonds is 7. The number of nitrogens with one attached hydrogen (secondary N) is 2. The monoisotopic (exact) mass is 444 g/mol. The number of nitrogens with two attached hydrogens (primary N) is 2. The maximum atomic E-state index is 12.6. The van der Waals surface area contributed by atoms with Gasteiger partial charge in [0.05, 0.1) is 10.6 Å². The number of benzene rings is 2. The number of para-hydroxylation sites is 1. The molecule has 6 N–H and O–H groups in total. The second kappa shape index (κ2) is 8.83. The van der Waals surface area contributed by atoms with Gasteiger partial charge in [-0.15, -0.1) is 0 Å². The number of carbonyl (C=O) groups is 3. The third-order valence-electron chi connectivity index (χ3n) is 4.45. The molecule has 0 aromatic heterocycles. The van der Waals surface area contributed by atoms with Gasteiger partial charge in [0, 0.05) is 13.0 Å². The predicted octanol–water partition coefficient (Wildman–Crippen LogP) is -0.220. The second-order valence-electron chi connectivity index (χ2n) is 6.65. The van der Waals surface area contributed by atoms with E-state index in [9.17, 15) is 22.8 Å². The molecule has 1 unspecified atom stereocenters. The first-order valence-electron chi connectivity index (χ1n) is 9.08. The summed E-state index contributed by atoms with van der Waals surface area (Å²) in [5.41, 5.74) is 11.4. The van der Waals surface area contributed by atoms with Gasteiger partial charge in [0.1, 0.15) is 11.8 Å². The number of sulfonamides is 1. The van der Waals surface area contributed by atoms with Crippen molar-refractivity contribution in [3.8, 4) is 0 Å². The van der Waals surface area contributed by atoms with Crippen molar-refractivity contribution in [2.45, 2.75) is 23.9 Å². The number of hydrogen-bond donors (Lipinski definition) is 4. The average molecular weight is 444 g/mol. The van der Waals surface area contributed by atoms with E-state index in [-0.39, 0.29) is 23.6 Å². The van der Waals surface area contributed by atoms with Crippen LogP contribution in [0.25, 0.3) is 0 Å². The normalized spacial score (nSPS) is 15.8. The fourth-order valence-electron chi connectivity index (χ4n) is 2.90. The van der Waals surface area contributed by atoms with Gasteiger partial charge >= 0.3 is 6.03 Å². The molecular formula is C19H20N6O5S. The van der Waals surface area contributed by atoms with Crippen LogP contribution in [0.3, 0.4) is 0 Å². The zero-order chi connectivity index (χ0) is 22.6. The van der Waals surface area contributed by atoms with E-state index in [1.54, 1.807) is 30.3 Å². The first-order chi connectivity index (χ1) is 14.7. The van der Waals surface area contributed by atoms with Crippen LogP contribution in [0.2, 0.25) is 0 Å². The van der Waals surface area contributed by atoms with E-state index in [1.807, 2.05) is 4.72 Å². The van der Waals surface area contributed by atoms with E-state index in [1.165, 1.54) is 29.3 Å². The lowest BCUT2D eigenvalue weighted by Crippen LogP contribution is -2.40. The first kappa shape index (κ1) is 21.8. The van der Waals surface area contributed by atoms with Crippen molar-refractivity contribution >= 4 is 39.3 Å². The number of urea groups is 1. The van der Waals surface area contributed by atoms with Crippen LogP contribution in [0.15, 0.2) is 64.6 Å². The minimum Gasteiger partial charge on any atom is -0.368 e. The minimum atomic E-state index is -4.19. The third kappa shape index (κ3) is 5.17. The summed E-state index contributed by atoms with van der Waals surface area (Å²) in [6.07, 6.45) is -0.136. The van der Waals surface area contributed by atoms with Crippen molar-refractivity contribution < 1.29 is 22.8 Å². The molecule has 2 aromatic rings. The summed E-state index contributed by atoms with van der Waals surface area (Å²) in [5.74, 6) is -1.65. The molecule has 3 rings (SSSR count). The molecule has 1 atom stereocenters. The first-order valence-corrected chi connectivity index (χ1v) is 10.6. The molecule has 0 bridgehead atoms. The van der Waals surface area contributed by atoms with Gasteiger partial charge in [-0.05, 0) is 29.8 Å². The lowest BCUT2D eigenvalue weighted by Gasteiger charge is -2.20.